The van der Waals surface area contributed by atoms with E-state index in [0.29, 0.717) is 5.75 Å². The van der Waals surface area contributed by atoms with Gasteiger partial charge in [0.1, 0.15) is 23.9 Å². The number of carbonyl (C=O) groups excluding carboxylic acids is 1. The normalized spacial score (nSPS) is 10.4. The molecular weight excluding hydrogens is 323 g/mol. The predicted octanol–water partition coefficient (Wildman–Crippen LogP) is 4.98. The van der Waals surface area contributed by atoms with Gasteiger partial charge in [-0.2, -0.15) is 0 Å². The van der Waals surface area contributed by atoms with E-state index in [-0.39, 0.29) is 17.9 Å². The van der Waals surface area contributed by atoms with Crippen molar-refractivity contribution in [1.29, 1.82) is 0 Å². The van der Waals surface area contributed by atoms with Crippen LogP contribution in [0.15, 0.2) is 30.3 Å². The van der Waals surface area contributed by atoms with Crippen molar-refractivity contribution in [3.8, 4) is 11.5 Å². The topological polar surface area (TPSA) is 44.8 Å². The third kappa shape index (κ3) is 4.50. The van der Waals surface area contributed by atoms with Gasteiger partial charge in [0.05, 0.1) is 12.7 Å². The lowest BCUT2D eigenvalue weighted by atomic mass is 10.0. The molecule has 0 unspecified atom stereocenters. The zero-order valence-electron chi connectivity index (χ0n) is 15.0. The van der Waals surface area contributed by atoms with E-state index in [1.165, 1.54) is 30.9 Å². The fourth-order valence-corrected chi connectivity index (χ4v) is 2.62. The van der Waals surface area contributed by atoms with Crippen molar-refractivity contribution in [2.45, 2.75) is 40.2 Å². The molecule has 2 aromatic carbocycles. The van der Waals surface area contributed by atoms with Gasteiger partial charge in [-0.25, -0.2) is 9.18 Å². The van der Waals surface area contributed by atoms with E-state index in [0.717, 1.165) is 24.0 Å². The van der Waals surface area contributed by atoms with Gasteiger partial charge in [0.2, 0.25) is 0 Å². The van der Waals surface area contributed by atoms with E-state index in [9.17, 15) is 9.18 Å². The maximum Gasteiger partial charge on any atom is 0.513 e. The summed E-state index contributed by atoms with van der Waals surface area (Å²) in [5.41, 5.74) is 3.64. The van der Waals surface area contributed by atoms with Gasteiger partial charge in [0.15, 0.2) is 0 Å². The summed E-state index contributed by atoms with van der Waals surface area (Å²) in [6.45, 7) is 6.14. The number of halogens is 1. The van der Waals surface area contributed by atoms with Crippen molar-refractivity contribution in [1.82, 2.24) is 0 Å². The van der Waals surface area contributed by atoms with Crippen molar-refractivity contribution < 1.29 is 23.4 Å². The number of aryl methyl sites for hydroxylation is 3. The van der Waals surface area contributed by atoms with Gasteiger partial charge in [-0.15, -0.1) is 0 Å². The number of hydrogen-bond acceptors (Lipinski definition) is 4. The van der Waals surface area contributed by atoms with Crippen LogP contribution >= 0.6 is 0 Å². The summed E-state index contributed by atoms with van der Waals surface area (Å²) in [5, 5.41) is 0. The van der Waals surface area contributed by atoms with Crippen molar-refractivity contribution in [2.24, 2.45) is 0 Å². The number of carbonyl (C=O) groups is 1. The van der Waals surface area contributed by atoms with Crippen molar-refractivity contribution >= 4 is 6.16 Å². The molecule has 0 N–H and O–H groups in total. The second-order valence-corrected chi connectivity index (χ2v) is 5.65. The number of benzene rings is 2. The Hall–Kier alpha value is -2.56. The molecule has 0 radical (unpaired) electrons. The summed E-state index contributed by atoms with van der Waals surface area (Å²) in [6.07, 6.45) is 0.860. The summed E-state index contributed by atoms with van der Waals surface area (Å²) < 4.78 is 29.5. The lowest BCUT2D eigenvalue weighted by Gasteiger charge is -2.16. The predicted molar refractivity (Wildman–Crippen MR) is 93.7 cm³/mol. The van der Waals surface area contributed by atoms with Crippen molar-refractivity contribution in [2.75, 3.05) is 7.11 Å². The molecule has 0 heterocycles. The molecule has 0 aliphatic heterocycles. The fraction of sp³-hybridized carbons (Fsp3) is 0.350. The Morgan fingerprint density at radius 3 is 2.44 bits per heavy atom. The Morgan fingerprint density at radius 2 is 1.80 bits per heavy atom. The molecular formula is C20H23FO4. The first-order chi connectivity index (χ1) is 12.0. The van der Waals surface area contributed by atoms with Crippen LogP contribution in [0.5, 0.6) is 11.5 Å². The first-order valence-corrected chi connectivity index (χ1v) is 8.28. The van der Waals surface area contributed by atoms with E-state index in [1.54, 1.807) is 0 Å². The molecule has 0 aliphatic rings. The molecule has 2 rings (SSSR count). The van der Waals surface area contributed by atoms with Crippen LogP contribution in [0.25, 0.3) is 0 Å². The molecule has 2 aromatic rings. The standard InChI is InChI=1S/C20H23FO4/c1-5-14-11-15(6-2)19(10-13(14)3)24-12-16-17(21)8-7-9-18(16)25-20(22)23-4/h7-11H,5-6,12H2,1-4H3. The molecule has 4 nitrogen and oxygen atoms in total. The zero-order chi connectivity index (χ0) is 18.4. The highest BCUT2D eigenvalue weighted by atomic mass is 19.1. The molecule has 0 bridgehead atoms. The molecule has 5 heteroatoms. The summed E-state index contributed by atoms with van der Waals surface area (Å²) >= 11 is 0. The van der Waals surface area contributed by atoms with Gasteiger partial charge in [-0.3, -0.25) is 0 Å². The monoisotopic (exact) mass is 346 g/mol. The van der Waals surface area contributed by atoms with Gasteiger partial charge in [-0.05, 0) is 54.7 Å². The minimum atomic E-state index is -0.899. The minimum Gasteiger partial charge on any atom is -0.488 e. The molecule has 0 saturated heterocycles. The smallest absolute Gasteiger partial charge is 0.488 e. The summed E-state index contributed by atoms with van der Waals surface area (Å²) in [5.74, 6) is 0.303. The van der Waals surface area contributed by atoms with Crippen molar-refractivity contribution in [3.05, 3.63) is 58.4 Å². The second-order valence-electron chi connectivity index (χ2n) is 5.65. The highest BCUT2D eigenvalue weighted by molar-refractivity contribution is 5.64. The van der Waals surface area contributed by atoms with Crippen LogP contribution < -0.4 is 9.47 Å². The fourth-order valence-electron chi connectivity index (χ4n) is 2.62. The third-order valence-corrected chi connectivity index (χ3v) is 4.09. The minimum absolute atomic E-state index is 0.0447. The summed E-state index contributed by atoms with van der Waals surface area (Å²) in [7, 11) is 1.20. The molecule has 134 valence electrons. The van der Waals surface area contributed by atoms with E-state index in [1.807, 2.05) is 19.9 Å². The second kappa shape index (κ2) is 8.51. The van der Waals surface area contributed by atoms with Crippen LogP contribution in [0.3, 0.4) is 0 Å². The van der Waals surface area contributed by atoms with Gasteiger partial charge < -0.3 is 14.2 Å². The largest absolute Gasteiger partial charge is 0.513 e. The Bertz CT molecular complexity index is 756. The number of hydrogen-bond donors (Lipinski definition) is 0. The molecule has 0 fully saturated rings. The van der Waals surface area contributed by atoms with Crippen LogP contribution in [0.1, 0.15) is 36.1 Å². The van der Waals surface area contributed by atoms with Crippen molar-refractivity contribution in [3.63, 3.8) is 0 Å². The van der Waals surface area contributed by atoms with Crippen LogP contribution in [-0.4, -0.2) is 13.3 Å². The number of ether oxygens (including phenoxy) is 3. The van der Waals surface area contributed by atoms with E-state index >= 15 is 0 Å². The maximum absolute atomic E-state index is 14.2. The Balaban J connectivity index is 2.27. The van der Waals surface area contributed by atoms with E-state index < -0.39 is 12.0 Å². The Labute approximate surface area is 147 Å². The zero-order valence-corrected chi connectivity index (χ0v) is 15.0. The molecule has 0 aromatic heterocycles. The maximum atomic E-state index is 14.2. The highest BCUT2D eigenvalue weighted by Gasteiger charge is 2.15. The van der Waals surface area contributed by atoms with Crippen LogP contribution in [0.4, 0.5) is 9.18 Å². The van der Waals surface area contributed by atoms with E-state index in [4.69, 9.17) is 9.47 Å². The summed E-state index contributed by atoms with van der Waals surface area (Å²) in [4.78, 5) is 11.3. The SMILES string of the molecule is CCc1cc(CC)c(OCc2c(F)cccc2OC(=O)OC)cc1C. The number of rotatable bonds is 6. The lowest BCUT2D eigenvalue weighted by Crippen LogP contribution is -2.11. The third-order valence-electron chi connectivity index (χ3n) is 4.09. The quantitative estimate of drug-likeness (QED) is 0.546. The molecule has 0 spiro atoms. The van der Waals surface area contributed by atoms with Gasteiger partial charge in [0.25, 0.3) is 0 Å². The van der Waals surface area contributed by atoms with Gasteiger partial charge in [0, 0.05) is 0 Å². The lowest BCUT2D eigenvalue weighted by molar-refractivity contribution is 0.120. The van der Waals surface area contributed by atoms with E-state index in [2.05, 4.69) is 17.7 Å². The highest BCUT2D eigenvalue weighted by Crippen LogP contribution is 2.28. The average Bonchev–Trinajstić information content (AvgIpc) is 2.61. The summed E-state index contributed by atoms with van der Waals surface area (Å²) in [6, 6.07) is 8.37. The average molecular weight is 346 g/mol. The molecule has 0 aliphatic carbocycles. The Kier molecular flexibility index (Phi) is 6.39. The van der Waals surface area contributed by atoms with Crippen LogP contribution in [-0.2, 0) is 24.2 Å². The first kappa shape index (κ1) is 18.8. The van der Waals surface area contributed by atoms with Gasteiger partial charge >= 0.3 is 6.16 Å². The number of methoxy groups -OCH3 is 1. The Morgan fingerprint density at radius 1 is 1.08 bits per heavy atom. The van der Waals surface area contributed by atoms with Gasteiger partial charge in [-0.1, -0.05) is 26.0 Å². The van der Waals surface area contributed by atoms with Crippen LogP contribution in [0.2, 0.25) is 0 Å². The molecule has 25 heavy (non-hydrogen) atoms. The molecule has 0 saturated carbocycles. The molecule has 0 atom stereocenters. The van der Waals surface area contributed by atoms with Crippen LogP contribution in [0, 0.1) is 12.7 Å². The molecule has 0 amide bonds. The first-order valence-electron chi connectivity index (χ1n) is 8.28.